The molecule has 2 aliphatic heterocycles. The van der Waals surface area contributed by atoms with Gasteiger partial charge in [0.2, 0.25) is 11.8 Å². The smallest absolute Gasteiger partial charge is 0.245 e. The molecule has 6 nitrogen and oxygen atoms in total. The van der Waals surface area contributed by atoms with E-state index in [0.717, 1.165) is 49.5 Å². The predicted molar refractivity (Wildman–Crippen MR) is 106 cm³/mol. The molecule has 0 spiro atoms. The molecule has 1 atom stereocenters. The first kappa shape index (κ1) is 18.1. The van der Waals surface area contributed by atoms with E-state index in [-0.39, 0.29) is 18.2 Å². The third-order valence-electron chi connectivity index (χ3n) is 5.43. The third kappa shape index (κ3) is 3.75. The van der Waals surface area contributed by atoms with Gasteiger partial charge in [0.25, 0.3) is 0 Å². The van der Waals surface area contributed by atoms with Gasteiger partial charge in [0.15, 0.2) is 0 Å². The van der Waals surface area contributed by atoms with Crippen LogP contribution in [0.3, 0.4) is 0 Å². The fourth-order valence-electron chi connectivity index (χ4n) is 3.89. The Bertz CT molecular complexity index is 815. The summed E-state index contributed by atoms with van der Waals surface area (Å²) in [5.41, 5.74) is 4.50. The number of amides is 2. The number of carbonyl (C=O) groups is 2. The summed E-state index contributed by atoms with van der Waals surface area (Å²) in [6, 6.07) is 7.51. The van der Waals surface area contributed by atoms with Crippen LogP contribution in [0.2, 0.25) is 0 Å². The van der Waals surface area contributed by atoms with E-state index >= 15 is 0 Å². The van der Waals surface area contributed by atoms with E-state index in [4.69, 9.17) is 0 Å². The normalized spacial score (nSPS) is 20.4. The summed E-state index contributed by atoms with van der Waals surface area (Å²) < 4.78 is 0. The number of fused-ring (bicyclic) bond motifs is 1. The predicted octanol–water partition coefficient (Wildman–Crippen LogP) is 1.81. The van der Waals surface area contributed by atoms with Crippen LogP contribution in [0, 0.1) is 0 Å². The lowest BCUT2D eigenvalue weighted by Gasteiger charge is -2.41. The summed E-state index contributed by atoms with van der Waals surface area (Å²) in [6.45, 7) is 3.20. The number of hydrogen-bond acceptors (Lipinski definition) is 5. The van der Waals surface area contributed by atoms with Crippen LogP contribution < -0.4 is 4.90 Å². The molecule has 1 fully saturated rings. The van der Waals surface area contributed by atoms with Crippen molar-refractivity contribution < 1.29 is 9.59 Å². The highest BCUT2D eigenvalue weighted by atomic mass is 32.1. The molecule has 7 heteroatoms. The van der Waals surface area contributed by atoms with E-state index < -0.39 is 6.04 Å². The average molecular weight is 385 g/mol. The number of aromatic nitrogens is 1. The van der Waals surface area contributed by atoms with Crippen LogP contribution in [0.1, 0.15) is 17.7 Å². The summed E-state index contributed by atoms with van der Waals surface area (Å²) >= 11 is 1.48. The zero-order chi connectivity index (χ0) is 18.8. The fourth-order valence-corrected chi connectivity index (χ4v) is 4.45. The Hall–Kier alpha value is -2.25. The summed E-state index contributed by atoms with van der Waals surface area (Å²) in [6.07, 6.45) is 1.72. The SMILES string of the molecule is CN1CCN(C(=O)C2CCc3ccccc3N2C(=O)Cc2cscn2)CC1. The van der Waals surface area contributed by atoms with Crippen LogP contribution in [0.15, 0.2) is 35.2 Å². The highest BCUT2D eigenvalue weighted by Gasteiger charge is 2.38. The quantitative estimate of drug-likeness (QED) is 0.810. The number of carbonyl (C=O) groups excluding carboxylic acids is 2. The largest absolute Gasteiger partial charge is 0.338 e. The van der Waals surface area contributed by atoms with Gasteiger partial charge in [-0.2, -0.15) is 0 Å². The summed E-state index contributed by atoms with van der Waals surface area (Å²) in [5, 5.41) is 1.89. The molecule has 0 aliphatic carbocycles. The van der Waals surface area contributed by atoms with Crippen LogP contribution in [0.4, 0.5) is 5.69 Å². The van der Waals surface area contributed by atoms with Gasteiger partial charge in [0.05, 0.1) is 17.6 Å². The lowest BCUT2D eigenvalue weighted by molar-refractivity contribution is -0.136. The van der Waals surface area contributed by atoms with Crippen LogP contribution in [-0.2, 0) is 22.4 Å². The molecule has 1 unspecified atom stereocenters. The number of nitrogens with zero attached hydrogens (tertiary/aromatic N) is 4. The molecule has 3 heterocycles. The number of hydrogen-bond donors (Lipinski definition) is 0. The molecule has 2 aliphatic rings. The number of para-hydroxylation sites is 1. The van der Waals surface area contributed by atoms with Gasteiger partial charge in [-0.3, -0.25) is 14.5 Å². The highest BCUT2D eigenvalue weighted by Crippen LogP contribution is 2.32. The minimum absolute atomic E-state index is 0.0551. The molecular weight excluding hydrogens is 360 g/mol. The van der Waals surface area contributed by atoms with E-state index in [0.29, 0.717) is 6.42 Å². The first-order valence-electron chi connectivity index (χ1n) is 9.38. The van der Waals surface area contributed by atoms with Crippen molar-refractivity contribution in [1.29, 1.82) is 0 Å². The Morgan fingerprint density at radius 1 is 1.19 bits per heavy atom. The van der Waals surface area contributed by atoms with E-state index in [1.807, 2.05) is 28.5 Å². The van der Waals surface area contributed by atoms with Crippen LogP contribution in [-0.4, -0.2) is 65.9 Å². The maximum atomic E-state index is 13.3. The highest BCUT2D eigenvalue weighted by molar-refractivity contribution is 7.07. The number of piperazine rings is 1. The van der Waals surface area contributed by atoms with Crippen molar-refractivity contribution >= 4 is 28.8 Å². The number of anilines is 1. The third-order valence-corrected chi connectivity index (χ3v) is 6.07. The van der Waals surface area contributed by atoms with Crippen LogP contribution in [0.5, 0.6) is 0 Å². The van der Waals surface area contributed by atoms with Crippen molar-refractivity contribution in [3.05, 3.63) is 46.4 Å². The van der Waals surface area contributed by atoms with Gasteiger partial charge in [-0.1, -0.05) is 18.2 Å². The molecule has 2 amide bonds. The minimum atomic E-state index is -0.422. The standard InChI is InChI=1S/C20H24N4O2S/c1-22-8-10-23(11-9-22)20(26)18-7-6-15-4-2-3-5-17(15)24(18)19(25)12-16-13-27-14-21-16/h2-5,13-14,18H,6-12H2,1H3. The van der Waals surface area contributed by atoms with E-state index in [2.05, 4.69) is 23.0 Å². The monoisotopic (exact) mass is 384 g/mol. The molecule has 27 heavy (non-hydrogen) atoms. The average Bonchev–Trinajstić information content (AvgIpc) is 3.20. The molecular formula is C20H24N4O2S. The van der Waals surface area contributed by atoms with Crippen molar-refractivity contribution in [3.8, 4) is 0 Å². The summed E-state index contributed by atoms with van der Waals surface area (Å²) in [5.74, 6) is 0.0183. The lowest BCUT2D eigenvalue weighted by atomic mass is 9.94. The lowest BCUT2D eigenvalue weighted by Crippen LogP contribution is -2.57. The number of likely N-dealkylation sites (N-methyl/N-ethyl adjacent to an activating group) is 1. The van der Waals surface area contributed by atoms with Gasteiger partial charge >= 0.3 is 0 Å². The van der Waals surface area contributed by atoms with Crippen molar-refractivity contribution in [2.75, 3.05) is 38.1 Å². The van der Waals surface area contributed by atoms with Gasteiger partial charge in [-0.15, -0.1) is 11.3 Å². The number of rotatable bonds is 3. The Balaban J connectivity index is 1.61. The van der Waals surface area contributed by atoms with Gasteiger partial charge < -0.3 is 9.80 Å². The molecule has 1 aromatic heterocycles. The van der Waals surface area contributed by atoms with E-state index in [1.165, 1.54) is 11.3 Å². The molecule has 0 bridgehead atoms. The maximum Gasteiger partial charge on any atom is 0.245 e. The molecule has 4 rings (SSSR count). The second-order valence-corrected chi connectivity index (χ2v) is 7.95. The molecule has 0 saturated carbocycles. The number of thiazole rings is 1. The van der Waals surface area contributed by atoms with Crippen molar-refractivity contribution in [2.45, 2.75) is 25.3 Å². The Morgan fingerprint density at radius 2 is 1.96 bits per heavy atom. The van der Waals surface area contributed by atoms with Crippen LogP contribution >= 0.6 is 11.3 Å². The topological polar surface area (TPSA) is 56.8 Å². The van der Waals surface area contributed by atoms with Gasteiger partial charge in [-0.25, -0.2) is 4.98 Å². The van der Waals surface area contributed by atoms with E-state index in [1.54, 1.807) is 10.4 Å². The van der Waals surface area contributed by atoms with Gasteiger partial charge in [-0.05, 0) is 31.5 Å². The van der Waals surface area contributed by atoms with Crippen LogP contribution in [0.25, 0.3) is 0 Å². The Kier molecular flexibility index (Phi) is 5.22. The second kappa shape index (κ2) is 7.78. The number of aryl methyl sites for hydroxylation is 1. The molecule has 2 aromatic rings. The molecule has 0 radical (unpaired) electrons. The molecule has 142 valence electrons. The maximum absolute atomic E-state index is 13.3. The fraction of sp³-hybridized carbons (Fsp3) is 0.450. The number of benzene rings is 1. The minimum Gasteiger partial charge on any atom is -0.338 e. The Labute approximate surface area is 163 Å². The first-order chi connectivity index (χ1) is 13.1. The first-order valence-corrected chi connectivity index (χ1v) is 10.3. The summed E-state index contributed by atoms with van der Waals surface area (Å²) in [7, 11) is 2.07. The molecule has 1 saturated heterocycles. The van der Waals surface area contributed by atoms with Gasteiger partial charge in [0, 0.05) is 37.2 Å². The molecule has 1 aromatic carbocycles. The molecule has 0 N–H and O–H groups in total. The second-order valence-electron chi connectivity index (χ2n) is 7.23. The van der Waals surface area contributed by atoms with Gasteiger partial charge in [0.1, 0.15) is 6.04 Å². The summed E-state index contributed by atoms with van der Waals surface area (Å²) in [4.78, 5) is 36.6. The Morgan fingerprint density at radius 3 is 2.70 bits per heavy atom. The van der Waals surface area contributed by atoms with Crippen molar-refractivity contribution in [1.82, 2.24) is 14.8 Å². The van der Waals surface area contributed by atoms with Crippen molar-refractivity contribution in [2.24, 2.45) is 0 Å². The zero-order valence-electron chi connectivity index (χ0n) is 15.5. The van der Waals surface area contributed by atoms with E-state index in [9.17, 15) is 9.59 Å². The van der Waals surface area contributed by atoms with Crippen molar-refractivity contribution in [3.63, 3.8) is 0 Å². The zero-order valence-corrected chi connectivity index (χ0v) is 16.3.